The van der Waals surface area contributed by atoms with E-state index in [4.69, 9.17) is 49.9 Å². The van der Waals surface area contributed by atoms with E-state index >= 15 is 0 Å². The third-order valence-corrected chi connectivity index (χ3v) is 7.80. The molecule has 196 valence electrons. The minimum atomic E-state index is -0.244. The molecule has 0 bridgehead atoms. The van der Waals surface area contributed by atoms with Gasteiger partial charge in [0.1, 0.15) is 0 Å². The normalized spacial score (nSPS) is 16.6. The average Bonchev–Trinajstić information content (AvgIpc) is 3.30. The molecule has 0 saturated carbocycles. The number of rotatable bonds is 3. The summed E-state index contributed by atoms with van der Waals surface area (Å²) in [6.45, 7) is 2.03. The molecule has 1 N–H and O–H groups in total. The highest BCUT2D eigenvalue weighted by molar-refractivity contribution is 6.52. The molecule has 1 atom stereocenters. The molecule has 0 spiro atoms. The van der Waals surface area contributed by atoms with Crippen LogP contribution < -0.4 is 10.2 Å². The van der Waals surface area contributed by atoms with Crippen LogP contribution in [0.3, 0.4) is 0 Å². The summed E-state index contributed by atoms with van der Waals surface area (Å²) in [7, 11) is 0. The van der Waals surface area contributed by atoms with Crippen molar-refractivity contribution in [2.45, 2.75) is 13.0 Å². The zero-order valence-corrected chi connectivity index (χ0v) is 23.5. The first-order chi connectivity index (χ1) is 19.5. The number of nitrogens with one attached hydrogen (secondary N) is 1. The fraction of sp³-hybridized carbons (Fsp3) is 0.0645. The van der Waals surface area contributed by atoms with Crippen LogP contribution >= 0.6 is 34.8 Å². The van der Waals surface area contributed by atoms with Gasteiger partial charge in [-0.15, -0.1) is 0 Å². The van der Waals surface area contributed by atoms with Crippen LogP contribution in [0.2, 0.25) is 15.1 Å². The molecule has 7 rings (SSSR count). The van der Waals surface area contributed by atoms with Crippen molar-refractivity contribution in [3.05, 3.63) is 129 Å². The van der Waals surface area contributed by atoms with E-state index in [0.717, 1.165) is 39.7 Å². The molecule has 1 aromatic heterocycles. The SMILES string of the molecule is Cc1nn(-c2ccccc2)c2c1C(c1ccc(Cl)cc1)N1C(=N2)C(=Nc2ccc(Cl)cc2Cl)Nc2ccccc21. The average molecular weight is 584 g/mol. The molecule has 2 aliphatic heterocycles. The van der Waals surface area contributed by atoms with E-state index in [1.54, 1.807) is 18.2 Å². The van der Waals surface area contributed by atoms with Gasteiger partial charge in [-0.25, -0.2) is 14.7 Å². The van der Waals surface area contributed by atoms with Gasteiger partial charge in [-0.3, -0.25) is 0 Å². The van der Waals surface area contributed by atoms with Gasteiger partial charge in [0.05, 0.1) is 39.5 Å². The van der Waals surface area contributed by atoms with E-state index < -0.39 is 0 Å². The van der Waals surface area contributed by atoms with Gasteiger partial charge in [-0.05, 0) is 67.1 Å². The lowest BCUT2D eigenvalue weighted by Crippen LogP contribution is -2.48. The third-order valence-electron chi connectivity index (χ3n) is 7.01. The van der Waals surface area contributed by atoms with Crippen LogP contribution in [0.15, 0.2) is 107 Å². The number of halogens is 3. The molecule has 5 aromatic rings. The van der Waals surface area contributed by atoms with Crippen LogP contribution in [-0.4, -0.2) is 21.5 Å². The molecule has 0 amide bonds. The molecule has 4 aromatic carbocycles. The molecule has 6 nitrogen and oxygen atoms in total. The van der Waals surface area contributed by atoms with Gasteiger partial charge >= 0.3 is 0 Å². The number of nitrogens with zero attached hydrogens (tertiary/aromatic N) is 5. The Balaban J connectivity index is 1.53. The van der Waals surface area contributed by atoms with Crippen LogP contribution in [0.1, 0.15) is 22.9 Å². The number of aromatic nitrogens is 2. The molecule has 0 radical (unpaired) electrons. The van der Waals surface area contributed by atoms with Gasteiger partial charge in [0.25, 0.3) is 0 Å². The smallest absolute Gasteiger partial charge is 0.179 e. The first kappa shape index (κ1) is 24.9. The van der Waals surface area contributed by atoms with Crippen molar-refractivity contribution < 1.29 is 0 Å². The number of benzene rings is 4. The summed E-state index contributed by atoms with van der Waals surface area (Å²) in [4.78, 5) is 12.4. The number of aryl methyl sites for hydroxylation is 1. The Morgan fingerprint density at radius 2 is 1.55 bits per heavy atom. The Morgan fingerprint density at radius 3 is 2.33 bits per heavy atom. The van der Waals surface area contributed by atoms with Crippen molar-refractivity contribution in [2.24, 2.45) is 9.98 Å². The number of hydrogen-bond acceptors (Lipinski definition) is 4. The van der Waals surface area contributed by atoms with E-state index in [-0.39, 0.29) is 6.04 Å². The Morgan fingerprint density at radius 1 is 0.825 bits per heavy atom. The quantitative estimate of drug-likeness (QED) is 0.231. The predicted octanol–water partition coefficient (Wildman–Crippen LogP) is 8.94. The summed E-state index contributed by atoms with van der Waals surface area (Å²) in [5.74, 6) is 1.95. The summed E-state index contributed by atoms with van der Waals surface area (Å²) < 4.78 is 1.89. The van der Waals surface area contributed by atoms with Crippen molar-refractivity contribution in [1.82, 2.24) is 9.78 Å². The Hall–Kier alpha value is -4.10. The van der Waals surface area contributed by atoms with Crippen LogP contribution in [0.4, 0.5) is 22.9 Å². The molecule has 40 heavy (non-hydrogen) atoms. The lowest BCUT2D eigenvalue weighted by Gasteiger charge is -2.41. The van der Waals surface area contributed by atoms with Crippen LogP contribution in [-0.2, 0) is 0 Å². The first-order valence-electron chi connectivity index (χ1n) is 12.7. The zero-order chi connectivity index (χ0) is 27.4. The van der Waals surface area contributed by atoms with Gasteiger partial charge in [-0.1, -0.05) is 77.3 Å². The summed E-state index contributed by atoms with van der Waals surface area (Å²) in [5.41, 5.74) is 6.32. The van der Waals surface area contributed by atoms with Gasteiger partial charge in [0.15, 0.2) is 17.5 Å². The summed E-state index contributed by atoms with van der Waals surface area (Å²) >= 11 is 19.0. The van der Waals surface area contributed by atoms with Gasteiger partial charge < -0.3 is 10.2 Å². The molecule has 0 aliphatic carbocycles. The lowest BCUT2D eigenvalue weighted by molar-refractivity contribution is 0.816. The maximum absolute atomic E-state index is 6.55. The summed E-state index contributed by atoms with van der Waals surface area (Å²) in [5, 5.41) is 10.1. The Kier molecular flexibility index (Phi) is 6.12. The van der Waals surface area contributed by atoms with Gasteiger partial charge in [0, 0.05) is 15.6 Å². The predicted molar refractivity (Wildman–Crippen MR) is 165 cm³/mol. The highest BCUT2D eigenvalue weighted by atomic mass is 35.5. The van der Waals surface area contributed by atoms with Crippen molar-refractivity contribution in [3.8, 4) is 5.69 Å². The molecular formula is C31H21Cl3N6. The molecular weight excluding hydrogens is 563 g/mol. The van der Waals surface area contributed by atoms with Crippen LogP contribution in [0, 0.1) is 6.92 Å². The monoisotopic (exact) mass is 582 g/mol. The largest absolute Gasteiger partial charge is 0.335 e. The van der Waals surface area contributed by atoms with Crippen molar-refractivity contribution in [1.29, 1.82) is 0 Å². The zero-order valence-electron chi connectivity index (χ0n) is 21.2. The topological polar surface area (TPSA) is 57.8 Å². The standard InChI is InChI=1S/C31H21Cl3N6/c1-18-27-28(19-11-13-20(32)14-12-19)39-26-10-6-5-9-25(26)36-29(35-24-16-15-21(33)17-23(24)34)31(39)37-30(27)40(38-18)22-7-3-2-4-8-22/h2-17,28H,1H3,(H,35,36). The first-order valence-corrected chi connectivity index (χ1v) is 13.8. The fourth-order valence-electron chi connectivity index (χ4n) is 5.23. The number of aliphatic imine (C=N–C) groups is 2. The molecule has 2 aliphatic rings. The number of fused-ring (bicyclic) bond motifs is 4. The lowest BCUT2D eigenvalue weighted by atomic mass is 9.93. The van der Waals surface area contributed by atoms with E-state index in [0.29, 0.717) is 32.4 Å². The fourth-order valence-corrected chi connectivity index (χ4v) is 5.81. The maximum atomic E-state index is 6.55. The molecule has 1 unspecified atom stereocenters. The third kappa shape index (κ3) is 4.16. The molecule has 0 saturated heterocycles. The Labute approximate surface area is 246 Å². The van der Waals surface area contributed by atoms with Crippen LogP contribution in [0.5, 0.6) is 0 Å². The summed E-state index contributed by atoms with van der Waals surface area (Å²) in [6.07, 6.45) is 0. The van der Waals surface area contributed by atoms with Gasteiger partial charge in [0.2, 0.25) is 0 Å². The number of para-hydroxylation sites is 3. The van der Waals surface area contributed by atoms with E-state index in [1.807, 2.05) is 72.3 Å². The molecule has 9 heteroatoms. The second kappa shape index (κ2) is 9.82. The molecule has 3 heterocycles. The highest BCUT2D eigenvalue weighted by Gasteiger charge is 2.41. The van der Waals surface area contributed by atoms with Crippen molar-refractivity contribution in [2.75, 3.05) is 10.2 Å². The van der Waals surface area contributed by atoms with E-state index in [1.165, 1.54) is 0 Å². The van der Waals surface area contributed by atoms with Crippen LogP contribution in [0.25, 0.3) is 5.69 Å². The minimum Gasteiger partial charge on any atom is -0.335 e. The van der Waals surface area contributed by atoms with Gasteiger partial charge in [-0.2, -0.15) is 5.10 Å². The van der Waals surface area contributed by atoms with Crippen molar-refractivity contribution >= 4 is 69.4 Å². The highest BCUT2D eigenvalue weighted by Crippen LogP contribution is 2.48. The second-order valence-corrected chi connectivity index (χ2v) is 10.8. The van der Waals surface area contributed by atoms with E-state index in [2.05, 4.69) is 28.4 Å². The number of anilines is 2. The Bertz CT molecular complexity index is 1830. The minimum absolute atomic E-state index is 0.244. The van der Waals surface area contributed by atoms with Crippen molar-refractivity contribution in [3.63, 3.8) is 0 Å². The molecule has 0 fully saturated rings. The summed E-state index contributed by atoms with van der Waals surface area (Å²) in [6, 6.07) is 31.1. The maximum Gasteiger partial charge on any atom is 0.179 e. The van der Waals surface area contributed by atoms with E-state index in [9.17, 15) is 0 Å². The number of hydrogen-bond donors (Lipinski definition) is 1. The second-order valence-electron chi connectivity index (χ2n) is 9.53. The number of amidine groups is 2.